The van der Waals surface area contributed by atoms with E-state index in [9.17, 15) is 9.59 Å². The fourth-order valence-corrected chi connectivity index (χ4v) is 2.99. The summed E-state index contributed by atoms with van der Waals surface area (Å²) in [6.07, 6.45) is 0. The second kappa shape index (κ2) is 7.13. The molecule has 0 fully saturated rings. The summed E-state index contributed by atoms with van der Waals surface area (Å²) in [5.74, 6) is 0.289. The van der Waals surface area contributed by atoms with Gasteiger partial charge < -0.3 is 14.5 Å². The van der Waals surface area contributed by atoms with Gasteiger partial charge in [0.05, 0.1) is 15.8 Å². The molecule has 5 nitrogen and oxygen atoms in total. The number of amides is 1. The Morgan fingerprint density at radius 2 is 1.81 bits per heavy atom. The highest BCUT2D eigenvalue weighted by atomic mass is 35.5. The van der Waals surface area contributed by atoms with Crippen LogP contribution in [0.1, 0.15) is 0 Å². The predicted octanol–water partition coefficient (Wildman–Crippen LogP) is 4.62. The molecular formula is C21H14ClNO4. The molecule has 0 saturated carbocycles. The van der Waals surface area contributed by atoms with E-state index in [0.717, 1.165) is 0 Å². The number of nitrogens with one attached hydrogen (secondary N) is 1. The van der Waals surface area contributed by atoms with Gasteiger partial charge in [0.1, 0.15) is 11.3 Å². The van der Waals surface area contributed by atoms with Gasteiger partial charge in [-0.15, -0.1) is 0 Å². The quantitative estimate of drug-likeness (QED) is 0.525. The molecule has 0 saturated heterocycles. The van der Waals surface area contributed by atoms with Crippen molar-refractivity contribution in [2.75, 3.05) is 11.9 Å². The Hall–Kier alpha value is -3.31. The first-order valence-electron chi connectivity index (χ1n) is 8.24. The highest BCUT2D eigenvalue weighted by Gasteiger charge is 2.11. The lowest BCUT2D eigenvalue weighted by Gasteiger charge is -2.08. The van der Waals surface area contributed by atoms with Crippen LogP contribution in [-0.2, 0) is 4.79 Å². The molecule has 27 heavy (non-hydrogen) atoms. The van der Waals surface area contributed by atoms with Crippen molar-refractivity contribution in [3.8, 4) is 5.75 Å². The number of anilines is 1. The minimum absolute atomic E-state index is 0.129. The molecule has 4 aromatic rings. The Bertz CT molecular complexity index is 1200. The molecule has 1 N–H and O–H groups in total. The summed E-state index contributed by atoms with van der Waals surface area (Å²) in [5, 5.41) is 3.93. The standard InChI is InChI=1S/C21H14ClNO4/c22-17-8-4-7-16-20(25)15-10-9-13(11-18(15)27-21(16)17)23-19(24)12-26-14-5-2-1-3-6-14/h1-11H,12H2,(H,23,24). The molecule has 6 heteroatoms. The first kappa shape index (κ1) is 17.1. The second-order valence-electron chi connectivity index (χ2n) is 5.91. The molecule has 0 spiro atoms. The van der Waals surface area contributed by atoms with Gasteiger partial charge >= 0.3 is 0 Å². The van der Waals surface area contributed by atoms with E-state index in [4.69, 9.17) is 20.8 Å². The number of para-hydroxylation sites is 2. The van der Waals surface area contributed by atoms with Crippen LogP contribution >= 0.6 is 11.6 Å². The zero-order valence-corrected chi connectivity index (χ0v) is 14.8. The molecule has 0 aliphatic rings. The van der Waals surface area contributed by atoms with Gasteiger partial charge in [-0.2, -0.15) is 0 Å². The van der Waals surface area contributed by atoms with Crippen molar-refractivity contribution >= 4 is 45.1 Å². The van der Waals surface area contributed by atoms with Crippen LogP contribution in [0.25, 0.3) is 21.9 Å². The number of rotatable bonds is 4. The molecule has 3 aromatic carbocycles. The summed E-state index contributed by atoms with van der Waals surface area (Å²) in [5.41, 5.74) is 1.01. The molecule has 0 unspecified atom stereocenters. The van der Waals surface area contributed by atoms with Crippen molar-refractivity contribution in [2.24, 2.45) is 0 Å². The monoisotopic (exact) mass is 379 g/mol. The Balaban J connectivity index is 1.59. The molecule has 0 radical (unpaired) electrons. The van der Waals surface area contributed by atoms with E-state index < -0.39 is 0 Å². The zero-order valence-electron chi connectivity index (χ0n) is 14.1. The van der Waals surface area contributed by atoms with Gasteiger partial charge in [-0.05, 0) is 36.4 Å². The molecule has 0 aliphatic heterocycles. The van der Waals surface area contributed by atoms with Crippen molar-refractivity contribution in [3.63, 3.8) is 0 Å². The lowest BCUT2D eigenvalue weighted by atomic mass is 10.1. The van der Waals surface area contributed by atoms with Crippen molar-refractivity contribution in [1.29, 1.82) is 0 Å². The third-order valence-electron chi connectivity index (χ3n) is 4.05. The molecule has 0 aliphatic carbocycles. The van der Waals surface area contributed by atoms with Gasteiger partial charge in [-0.3, -0.25) is 9.59 Å². The van der Waals surface area contributed by atoms with Crippen LogP contribution < -0.4 is 15.5 Å². The van der Waals surface area contributed by atoms with Crippen LogP contribution in [0.15, 0.2) is 75.9 Å². The second-order valence-corrected chi connectivity index (χ2v) is 6.32. The number of carbonyl (C=O) groups excluding carboxylic acids is 1. The Morgan fingerprint density at radius 1 is 1.00 bits per heavy atom. The molecular weight excluding hydrogens is 366 g/mol. The molecule has 4 rings (SSSR count). The molecule has 1 amide bonds. The first-order valence-corrected chi connectivity index (χ1v) is 8.62. The van der Waals surface area contributed by atoms with E-state index in [0.29, 0.717) is 38.4 Å². The summed E-state index contributed by atoms with van der Waals surface area (Å²) >= 11 is 6.13. The summed E-state index contributed by atoms with van der Waals surface area (Å²) in [6.45, 7) is -0.129. The number of hydrogen-bond donors (Lipinski definition) is 1. The Morgan fingerprint density at radius 3 is 2.63 bits per heavy atom. The van der Waals surface area contributed by atoms with Crippen LogP contribution in [0.2, 0.25) is 5.02 Å². The van der Waals surface area contributed by atoms with Crippen molar-refractivity contribution in [1.82, 2.24) is 0 Å². The third-order valence-corrected chi connectivity index (χ3v) is 4.34. The van der Waals surface area contributed by atoms with Crippen molar-refractivity contribution in [3.05, 3.63) is 82.0 Å². The van der Waals surface area contributed by atoms with Gasteiger partial charge in [0.25, 0.3) is 5.91 Å². The number of fused-ring (bicyclic) bond motifs is 2. The Kier molecular flexibility index (Phi) is 4.52. The zero-order chi connectivity index (χ0) is 18.8. The van der Waals surface area contributed by atoms with E-state index in [-0.39, 0.29) is 17.9 Å². The summed E-state index contributed by atoms with van der Waals surface area (Å²) in [7, 11) is 0. The van der Waals surface area contributed by atoms with E-state index in [2.05, 4.69) is 5.32 Å². The van der Waals surface area contributed by atoms with E-state index >= 15 is 0 Å². The molecule has 134 valence electrons. The first-order chi connectivity index (χ1) is 13.1. The lowest BCUT2D eigenvalue weighted by molar-refractivity contribution is -0.118. The fourth-order valence-electron chi connectivity index (χ4n) is 2.78. The lowest BCUT2D eigenvalue weighted by Crippen LogP contribution is -2.20. The average molecular weight is 380 g/mol. The SMILES string of the molecule is O=C(COc1ccccc1)Nc1ccc2c(=O)c3cccc(Cl)c3oc2c1. The van der Waals surface area contributed by atoms with Gasteiger partial charge in [-0.1, -0.05) is 35.9 Å². The van der Waals surface area contributed by atoms with E-state index in [1.165, 1.54) is 0 Å². The topological polar surface area (TPSA) is 68.5 Å². The normalized spacial score (nSPS) is 10.9. The van der Waals surface area contributed by atoms with Crippen LogP contribution in [0.3, 0.4) is 0 Å². The van der Waals surface area contributed by atoms with Crippen molar-refractivity contribution in [2.45, 2.75) is 0 Å². The minimum atomic E-state index is -0.320. The smallest absolute Gasteiger partial charge is 0.262 e. The van der Waals surface area contributed by atoms with Gasteiger partial charge in [0.2, 0.25) is 5.43 Å². The molecule has 1 aromatic heterocycles. The summed E-state index contributed by atoms with van der Waals surface area (Å²) < 4.78 is 11.2. The molecule has 0 atom stereocenters. The van der Waals surface area contributed by atoms with Gasteiger partial charge in [0, 0.05) is 11.8 Å². The fraction of sp³-hybridized carbons (Fsp3) is 0.0476. The van der Waals surface area contributed by atoms with Gasteiger partial charge in [0.15, 0.2) is 12.2 Å². The maximum absolute atomic E-state index is 12.6. The number of ether oxygens (including phenoxy) is 1. The Labute approximate surface area is 159 Å². The number of halogens is 1. The highest BCUT2D eigenvalue weighted by molar-refractivity contribution is 6.34. The highest BCUT2D eigenvalue weighted by Crippen LogP contribution is 2.26. The number of hydrogen-bond acceptors (Lipinski definition) is 4. The maximum Gasteiger partial charge on any atom is 0.262 e. The van der Waals surface area contributed by atoms with Crippen LogP contribution in [-0.4, -0.2) is 12.5 Å². The third kappa shape index (κ3) is 3.50. The maximum atomic E-state index is 12.6. The number of benzene rings is 3. The van der Waals surface area contributed by atoms with Crippen molar-refractivity contribution < 1.29 is 13.9 Å². The largest absolute Gasteiger partial charge is 0.484 e. The summed E-state index contributed by atoms with van der Waals surface area (Å²) in [6, 6.07) is 19.0. The summed E-state index contributed by atoms with van der Waals surface area (Å²) in [4.78, 5) is 24.7. The molecule has 1 heterocycles. The van der Waals surface area contributed by atoms with Crippen LogP contribution in [0.5, 0.6) is 5.75 Å². The minimum Gasteiger partial charge on any atom is -0.484 e. The average Bonchev–Trinajstić information content (AvgIpc) is 2.68. The van der Waals surface area contributed by atoms with E-state index in [1.54, 1.807) is 48.5 Å². The predicted molar refractivity (Wildman–Crippen MR) is 106 cm³/mol. The van der Waals surface area contributed by atoms with E-state index in [1.807, 2.05) is 18.2 Å². The molecule has 0 bridgehead atoms. The van der Waals surface area contributed by atoms with Crippen LogP contribution in [0.4, 0.5) is 5.69 Å². The van der Waals surface area contributed by atoms with Crippen LogP contribution in [0, 0.1) is 0 Å². The number of carbonyl (C=O) groups is 1. The van der Waals surface area contributed by atoms with Gasteiger partial charge in [-0.25, -0.2) is 0 Å².